The Morgan fingerprint density at radius 2 is 2.21 bits per heavy atom. The molecule has 0 amide bonds. The first kappa shape index (κ1) is 14.9. The zero-order chi connectivity index (χ0) is 14.4. The Morgan fingerprint density at radius 1 is 1.53 bits per heavy atom. The molecular weight excluding hydrogens is 248 g/mol. The summed E-state index contributed by atoms with van der Waals surface area (Å²) < 4.78 is 4.86. The van der Waals surface area contributed by atoms with Gasteiger partial charge in [0, 0.05) is 23.4 Å². The Morgan fingerprint density at radius 3 is 2.74 bits per heavy atom. The average Bonchev–Trinajstić information content (AvgIpc) is 2.28. The van der Waals surface area contributed by atoms with E-state index in [2.05, 4.69) is 5.32 Å². The average molecular weight is 266 g/mol. The zero-order valence-corrected chi connectivity index (χ0v) is 11.3. The van der Waals surface area contributed by atoms with Gasteiger partial charge in [-0.3, -0.25) is 14.9 Å². The van der Waals surface area contributed by atoms with E-state index in [1.54, 1.807) is 26.0 Å². The minimum atomic E-state index is -0.416. The molecule has 1 aromatic carbocycles. The maximum absolute atomic E-state index is 11.3. The second kappa shape index (κ2) is 6.72. The van der Waals surface area contributed by atoms with E-state index in [9.17, 15) is 14.9 Å². The lowest BCUT2D eigenvalue weighted by atomic mass is 10.1. The minimum Gasteiger partial charge on any atom is -0.466 e. The molecule has 0 saturated heterocycles. The molecule has 104 valence electrons. The zero-order valence-electron chi connectivity index (χ0n) is 11.3. The lowest BCUT2D eigenvalue weighted by molar-refractivity contribution is -0.385. The number of hydrogen-bond donors (Lipinski definition) is 1. The summed E-state index contributed by atoms with van der Waals surface area (Å²) in [5, 5.41) is 13.8. The molecule has 0 saturated carbocycles. The Balaban J connectivity index is 2.65. The normalized spacial score (nSPS) is 11.7. The number of hydrogen-bond acceptors (Lipinski definition) is 5. The van der Waals surface area contributed by atoms with Crippen molar-refractivity contribution in [3.63, 3.8) is 0 Å². The van der Waals surface area contributed by atoms with Crippen LogP contribution >= 0.6 is 0 Å². The van der Waals surface area contributed by atoms with Crippen molar-refractivity contribution < 1.29 is 14.5 Å². The first-order valence-electron chi connectivity index (χ1n) is 6.11. The number of nitro benzene ring substituents is 1. The van der Waals surface area contributed by atoms with Crippen LogP contribution in [0.25, 0.3) is 0 Å². The number of nitro groups is 1. The Kier molecular flexibility index (Phi) is 5.29. The molecule has 0 aromatic heterocycles. The third-order valence-corrected chi connectivity index (χ3v) is 2.58. The number of anilines is 1. The number of rotatable bonds is 6. The standard InChI is InChI=1S/C13H18N2O4/c1-4-19-13(16)8-10(3)14-11-5-6-12(15(17)18)9(2)7-11/h5-7,10,14H,4,8H2,1-3H3. The minimum absolute atomic E-state index is 0.0867. The smallest absolute Gasteiger partial charge is 0.307 e. The van der Waals surface area contributed by atoms with Gasteiger partial charge in [0.1, 0.15) is 0 Å². The molecule has 1 aromatic rings. The number of ether oxygens (including phenoxy) is 1. The van der Waals surface area contributed by atoms with Crippen LogP contribution in [0, 0.1) is 17.0 Å². The van der Waals surface area contributed by atoms with E-state index >= 15 is 0 Å². The highest BCUT2D eigenvalue weighted by Crippen LogP contribution is 2.22. The van der Waals surface area contributed by atoms with Crippen molar-refractivity contribution in [3.05, 3.63) is 33.9 Å². The van der Waals surface area contributed by atoms with E-state index in [0.717, 1.165) is 5.69 Å². The van der Waals surface area contributed by atoms with Gasteiger partial charge in [0.05, 0.1) is 18.0 Å². The van der Waals surface area contributed by atoms with Gasteiger partial charge in [0.25, 0.3) is 5.69 Å². The summed E-state index contributed by atoms with van der Waals surface area (Å²) >= 11 is 0. The van der Waals surface area contributed by atoms with Crippen LogP contribution in [0.15, 0.2) is 18.2 Å². The predicted molar refractivity (Wildman–Crippen MR) is 72.2 cm³/mol. The fraction of sp³-hybridized carbons (Fsp3) is 0.462. The molecule has 0 spiro atoms. The number of esters is 1. The maximum atomic E-state index is 11.3. The molecule has 1 N–H and O–H groups in total. The van der Waals surface area contributed by atoms with Crippen LogP contribution in [0.3, 0.4) is 0 Å². The fourth-order valence-corrected chi connectivity index (χ4v) is 1.76. The van der Waals surface area contributed by atoms with Crippen molar-refractivity contribution in [2.45, 2.75) is 33.2 Å². The molecule has 0 fully saturated rings. The summed E-state index contributed by atoms with van der Waals surface area (Å²) in [5.41, 5.74) is 1.42. The van der Waals surface area contributed by atoms with Gasteiger partial charge in [-0.25, -0.2) is 0 Å². The Hall–Kier alpha value is -2.11. The first-order chi connectivity index (χ1) is 8.93. The SMILES string of the molecule is CCOC(=O)CC(C)Nc1ccc([N+](=O)[O-])c(C)c1. The molecule has 0 bridgehead atoms. The van der Waals surface area contributed by atoms with Crippen molar-refractivity contribution in [2.75, 3.05) is 11.9 Å². The second-order valence-electron chi connectivity index (χ2n) is 4.31. The van der Waals surface area contributed by atoms with Crippen LogP contribution in [0.2, 0.25) is 0 Å². The van der Waals surface area contributed by atoms with Crippen LogP contribution in [0.1, 0.15) is 25.8 Å². The van der Waals surface area contributed by atoms with Gasteiger partial charge in [-0.05, 0) is 32.9 Å². The summed E-state index contributed by atoms with van der Waals surface area (Å²) in [7, 11) is 0. The van der Waals surface area contributed by atoms with Gasteiger partial charge >= 0.3 is 5.97 Å². The molecule has 19 heavy (non-hydrogen) atoms. The second-order valence-corrected chi connectivity index (χ2v) is 4.31. The van der Waals surface area contributed by atoms with Crippen LogP contribution in [0.4, 0.5) is 11.4 Å². The summed E-state index contributed by atoms with van der Waals surface area (Å²) in [6.07, 6.45) is 0.254. The highest BCUT2D eigenvalue weighted by molar-refractivity contribution is 5.70. The molecule has 0 aliphatic carbocycles. The molecular formula is C13H18N2O4. The lowest BCUT2D eigenvalue weighted by Crippen LogP contribution is -2.21. The lowest BCUT2D eigenvalue weighted by Gasteiger charge is -2.14. The third-order valence-electron chi connectivity index (χ3n) is 2.58. The number of carbonyl (C=O) groups is 1. The molecule has 1 unspecified atom stereocenters. The topological polar surface area (TPSA) is 81.5 Å². The van der Waals surface area contributed by atoms with Gasteiger partial charge in [-0.15, -0.1) is 0 Å². The highest BCUT2D eigenvalue weighted by atomic mass is 16.6. The van der Waals surface area contributed by atoms with Crippen LogP contribution in [-0.4, -0.2) is 23.5 Å². The van der Waals surface area contributed by atoms with Gasteiger partial charge < -0.3 is 10.1 Å². The van der Waals surface area contributed by atoms with Gasteiger partial charge in [-0.1, -0.05) is 0 Å². The summed E-state index contributed by atoms with van der Waals surface area (Å²) in [6, 6.07) is 4.68. The fourth-order valence-electron chi connectivity index (χ4n) is 1.76. The molecule has 0 radical (unpaired) electrons. The van der Waals surface area contributed by atoms with E-state index in [1.807, 2.05) is 6.92 Å². The molecule has 1 rings (SSSR count). The molecule has 0 heterocycles. The molecule has 1 atom stereocenters. The summed E-state index contributed by atoms with van der Waals surface area (Å²) in [6.45, 7) is 5.66. The van der Waals surface area contributed by atoms with Gasteiger partial charge in [-0.2, -0.15) is 0 Å². The van der Waals surface area contributed by atoms with Crippen molar-refractivity contribution >= 4 is 17.3 Å². The van der Waals surface area contributed by atoms with Crippen molar-refractivity contribution in [2.24, 2.45) is 0 Å². The van der Waals surface area contributed by atoms with Gasteiger partial charge in [0.2, 0.25) is 0 Å². The van der Waals surface area contributed by atoms with E-state index in [4.69, 9.17) is 4.74 Å². The number of carbonyl (C=O) groups excluding carboxylic acids is 1. The van der Waals surface area contributed by atoms with E-state index in [1.165, 1.54) is 6.07 Å². The van der Waals surface area contributed by atoms with E-state index in [-0.39, 0.29) is 24.1 Å². The number of nitrogens with one attached hydrogen (secondary N) is 1. The summed E-state index contributed by atoms with van der Waals surface area (Å²) in [5.74, 6) is -0.263. The monoisotopic (exact) mass is 266 g/mol. The Labute approximate surface area is 111 Å². The first-order valence-corrected chi connectivity index (χ1v) is 6.11. The van der Waals surface area contributed by atoms with E-state index in [0.29, 0.717) is 12.2 Å². The third kappa shape index (κ3) is 4.57. The molecule has 0 aliphatic rings. The quantitative estimate of drug-likeness (QED) is 0.486. The number of benzene rings is 1. The van der Waals surface area contributed by atoms with Crippen molar-refractivity contribution in [1.29, 1.82) is 0 Å². The molecule has 6 nitrogen and oxygen atoms in total. The van der Waals surface area contributed by atoms with Crippen molar-refractivity contribution in [1.82, 2.24) is 0 Å². The van der Waals surface area contributed by atoms with E-state index < -0.39 is 4.92 Å². The predicted octanol–water partition coefficient (Wildman–Crippen LogP) is 2.66. The van der Waals surface area contributed by atoms with Crippen LogP contribution < -0.4 is 5.32 Å². The largest absolute Gasteiger partial charge is 0.466 e. The maximum Gasteiger partial charge on any atom is 0.307 e. The van der Waals surface area contributed by atoms with Crippen LogP contribution in [0.5, 0.6) is 0 Å². The summed E-state index contributed by atoms with van der Waals surface area (Å²) in [4.78, 5) is 21.6. The van der Waals surface area contributed by atoms with Crippen LogP contribution in [-0.2, 0) is 9.53 Å². The number of nitrogens with zero attached hydrogens (tertiary/aromatic N) is 1. The number of aryl methyl sites for hydroxylation is 1. The molecule has 0 aliphatic heterocycles. The Bertz CT molecular complexity index is 474. The highest BCUT2D eigenvalue weighted by Gasteiger charge is 2.13. The molecule has 6 heteroatoms. The van der Waals surface area contributed by atoms with Crippen molar-refractivity contribution in [3.8, 4) is 0 Å². The van der Waals surface area contributed by atoms with Gasteiger partial charge in [0.15, 0.2) is 0 Å².